The Morgan fingerprint density at radius 1 is 1.40 bits per heavy atom. The van der Waals surface area contributed by atoms with Crippen molar-refractivity contribution in [1.29, 1.82) is 0 Å². The Hall–Kier alpha value is -1.96. The van der Waals surface area contributed by atoms with Crippen LogP contribution in [0.5, 0.6) is 0 Å². The lowest BCUT2D eigenvalue weighted by Gasteiger charge is -2.29. The maximum atomic E-state index is 12.0. The molecule has 1 aromatic heterocycles. The molecule has 0 aromatic carbocycles. The van der Waals surface area contributed by atoms with Crippen LogP contribution in [0.25, 0.3) is 0 Å². The molecule has 1 aliphatic rings. The summed E-state index contributed by atoms with van der Waals surface area (Å²) in [5, 5.41) is 4.68. The van der Waals surface area contributed by atoms with E-state index in [-0.39, 0.29) is 11.8 Å². The van der Waals surface area contributed by atoms with Crippen molar-refractivity contribution in [2.45, 2.75) is 19.8 Å². The van der Waals surface area contributed by atoms with Crippen molar-refractivity contribution < 1.29 is 14.4 Å². The first-order valence-corrected chi connectivity index (χ1v) is 7.17. The number of anilines is 1. The number of piperidine rings is 1. The predicted molar refractivity (Wildman–Crippen MR) is 74.0 cm³/mol. The molecule has 108 valence electrons. The molecule has 0 spiro atoms. The number of aryl methyl sites for hydroxylation is 1. The summed E-state index contributed by atoms with van der Waals surface area (Å²) in [6, 6.07) is 0. The number of nitrogens with two attached hydrogens (primary N) is 1. The molecule has 0 unspecified atom stereocenters. The number of primary amides is 1. The molecule has 20 heavy (non-hydrogen) atoms. The first kappa shape index (κ1) is 14.4. The van der Waals surface area contributed by atoms with E-state index in [0.29, 0.717) is 31.1 Å². The maximum absolute atomic E-state index is 12.0. The second kappa shape index (κ2) is 6.00. The number of hydrogen-bond acceptors (Lipinski definition) is 5. The van der Waals surface area contributed by atoms with E-state index in [1.165, 1.54) is 16.2 Å². The van der Waals surface area contributed by atoms with Crippen LogP contribution >= 0.6 is 11.3 Å². The largest absolute Gasteiger partial charge is 0.369 e. The van der Waals surface area contributed by atoms with Gasteiger partial charge in [-0.3, -0.25) is 19.7 Å². The molecule has 3 amide bonds. The normalized spacial score (nSPS) is 15.9. The van der Waals surface area contributed by atoms with Gasteiger partial charge in [-0.05, 0) is 19.8 Å². The number of hydrogen-bond donors (Lipinski definition) is 2. The number of nitrogens with zero attached hydrogens (tertiary/aromatic N) is 2. The summed E-state index contributed by atoms with van der Waals surface area (Å²) in [7, 11) is 0. The lowest BCUT2D eigenvalue weighted by molar-refractivity contribution is -0.144. The minimum Gasteiger partial charge on any atom is -0.369 e. The first-order chi connectivity index (χ1) is 9.47. The van der Waals surface area contributed by atoms with Crippen molar-refractivity contribution >= 4 is 34.2 Å². The molecule has 1 aliphatic heterocycles. The number of likely N-dealkylation sites (tertiary alicyclic amines) is 1. The molecule has 0 saturated carbocycles. The molecule has 3 N–H and O–H groups in total. The van der Waals surface area contributed by atoms with E-state index >= 15 is 0 Å². The van der Waals surface area contributed by atoms with Crippen LogP contribution in [0.15, 0.2) is 5.38 Å². The Balaban J connectivity index is 1.88. The molecule has 8 heteroatoms. The van der Waals surface area contributed by atoms with Crippen LogP contribution in [0.2, 0.25) is 0 Å². The van der Waals surface area contributed by atoms with Crippen LogP contribution in [-0.4, -0.2) is 40.7 Å². The zero-order valence-electron chi connectivity index (χ0n) is 11.1. The van der Waals surface area contributed by atoms with Crippen molar-refractivity contribution in [3.05, 3.63) is 11.1 Å². The smallest absolute Gasteiger partial charge is 0.315 e. The van der Waals surface area contributed by atoms with Crippen molar-refractivity contribution in [2.24, 2.45) is 11.7 Å². The average molecular weight is 296 g/mol. The van der Waals surface area contributed by atoms with Crippen molar-refractivity contribution in [2.75, 3.05) is 18.4 Å². The molecule has 1 saturated heterocycles. The number of thiazole rings is 1. The van der Waals surface area contributed by atoms with Gasteiger partial charge < -0.3 is 10.6 Å². The molecule has 1 fully saturated rings. The minimum atomic E-state index is -0.697. The van der Waals surface area contributed by atoms with Gasteiger partial charge in [0.2, 0.25) is 5.91 Å². The lowest BCUT2D eigenvalue weighted by atomic mass is 9.96. The fourth-order valence-corrected chi connectivity index (χ4v) is 2.76. The SMILES string of the molecule is Cc1csc(NC(=O)C(=O)N2CCC(C(N)=O)CC2)n1. The molecular weight excluding hydrogens is 280 g/mol. The standard InChI is InChI=1S/C12H16N4O3S/c1-7-6-20-12(14-7)15-10(18)11(19)16-4-2-8(3-5-16)9(13)17/h6,8H,2-5H2,1H3,(H2,13,17)(H,14,15,18). The molecule has 0 bridgehead atoms. The van der Waals surface area contributed by atoms with Crippen LogP contribution < -0.4 is 11.1 Å². The molecule has 0 aliphatic carbocycles. The Labute approximate surface area is 120 Å². The summed E-state index contributed by atoms with van der Waals surface area (Å²) in [6.07, 6.45) is 1.01. The number of amides is 3. The van der Waals surface area contributed by atoms with Gasteiger partial charge >= 0.3 is 11.8 Å². The van der Waals surface area contributed by atoms with Gasteiger partial charge in [0.25, 0.3) is 0 Å². The van der Waals surface area contributed by atoms with Crippen LogP contribution in [0.4, 0.5) is 5.13 Å². The van der Waals surface area contributed by atoms with Crippen molar-refractivity contribution in [1.82, 2.24) is 9.88 Å². The predicted octanol–water partition coefficient (Wildman–Crippen LogP) is 0.114. The van der Waals surface area contributed by atoms with Crippen LogP contribution in [0, 0.1) is 12.8 Å². The molecule has 2 heterocycles. The van der Waals surface area contributed by atoms with Gasteiger partial charge in [0.15, 0.2) is 5.13 Å². The number of aromatic nitrogens is 1. The molecule has 1 aromatic rings. The van der Waals surface area contributed by atoms with Crippen LogP contribution in [-0.2, 0) is 14.4 Å². The second-order valence-corrected chi connectivity index (χ2v) is 5.58. The fourth-order valence-electron chi connectivity index (χ4n) is 2.07. The van der Waals surface area contributed by atoms with E-state index in [4.69, 9.17) is 5.73 Å². The highest BCUT2D eigenvalue weighted by atomic mass is 32.1. The van der Waals surface area contributed by atoms with E-state index in [9.17, 15) is 14.4 Å². The zero-order valence-corrected chi connectivity index (χ0v) is 11.9. The van der Waals surface area contributed by atoms with E-state index in [0.717, 1.165) is 5.69 Å². The highest BCUT2D eigenvalue weighted by Gasteiger charge is 2.29. The number of rotatable bonds is 2. The van der Waals surface area contributed by atoms with Crippen LogP contribution in [0.1, 0.15) is 18.5 Å². The fraction of sp³-hybridized carbons (Fsp3) is 0.500. The second-order valence-electron chi connectivity index (χ2n) is 4.72. The Morgan fingerprint density at radius 2 is 2.05 bits per heavy atom. The summed E-state index contributed by atoms with van der Waals surface area (Å²) in [4.78, 5) is 40.3. The van der Waals surface area contributed by atoms with Gasteiger partial charge in [0.05, 0.1) is 5.69 Å². The minimum absolute atomic E-state index is 0.205. The van der Waals surface area contributed by atoms with E-state index in [2.05, 4.69) is 10.3 Å². The summed E-state index contributed by atoms with van der Waals surface area (Å²) in [5.74, 6) is -1.85. The molecule has 0 atom stereocenters. The Kier molecular flexibility index (Phi) is 4.33. The van der Waals surface area contributed by atoms with Crippen molar-refractivity contribution in [3.8, 4) is 0 Å². The quantitative estimate of drug-likeness (QED) is 0.756. The van der Waals surface area contributed by atoms with Crippen molar-refractivity contribution in [3.63, 3.8) is 0 Å². The van der Waals surface area contributed by atoms with Gasteiger partial charge in [-0.15, -0.1) is 11.3 Å². The van der Waals surface area contributed by atoms with Gasteiger partial charge in [-0.25, -0.2) is 4.98 Å². The summed E-state index contributed by atoms with van der Waals surface area (Å²) >= 11 is 1.27. The van der Waals surface area contributed by atoms with E-state index < -0.39 is 11.8 Å². The maximum Gasteiger partial charge on any atom is 0.315 e. The lowest BCUT2D eigenvalue weighted by Crippen LogP contribution is -2.46. The molecular formula is C12H16N4O3S. The number of nitrogens with one attached hydrogen (secondary N) is 1. The summed E-state index contributed by atoms with van der Waals surface area (Å²) in [5.41, 5.74) is 6.02. The number of carbonyl (C=O) groups is 3. The highest BCUT2D eigenvalue weighted by molar-refractivity contribution is 7.14. The third-order valence-electron chi connectivity index (χ3n) is 3.22. The molecule has 0 radical (unpaired) electrons. The third-order valence-corrected chi connectivity index (χ3v) is 4.09. The summed E-state index contributed by atoms with van der Waals surface area (Å²) in [6.45, 7) is 2.55. The Bertz CT molecular complexity index is 535. The monoisotopic (exact) mass is 296 g/mol. The summed E-state index contributed by atoms with van der Waals surface area (Å²) < 4.78 is 0. The average Bonchev–Trinajstić information content (AvgIpc) is 2.83. The van der Waals surface area contributed by atoms with Gasteiger partial charge in [-0.1, -0.05) is 0 Å². The third kappa shape index (κ3) is 3.32. The zero-order chi connectivity index (χ0) is 14.7. The van der Waals surface area contributed by atoms with Gasteiger partial charge in [-0.2, -0.15) is 0 Å². The van der Waals surface area contributed by atoms with Gasteiger partial charge in [0, 0.05) is 24.4 Å². The van der Waals surface area contributed by atoms with Crippen LogP contribution in [0.3, 0.4) is 0 Å². The molecule has 7 nitrogen and oxygen atoms in total. The first-order valence-electron chi connectivity index (χ1n) is 6.29. The van der Waals surface area contributed by atoms with E-state index in [1.54, 1.807) is 5.38 Å². The molecule has 2 rings (SSSR count). The number of carbonyl (C=O) groups excluding carboxylic acids is 3. The topological polar surface area (TPSA) is 105 Å². The Morgan fingerprint density at radius 3 is 2.55 bits per heavy atom. The van der Waals surface area contributed by atoms with Gasteiger partial charge in [0.1, 0.15) is 0 Å². The van der Waals surface area contributed by atoms with E-state index in [1.807, 2.05) is 6.92 Å². The highest BCUT2D eigenvalue weighted by Crippen LogP contribution is 2.18.